The van der Waals surface area contributed by atoms with Crippen molar-refractivity contribution in [3.8, 4) is 0 Å². The molecule has 21 heavy (non-hydrogen) atoms. The molecular formula is C14H20N2O4S. The Labute approximate surface area is 124 Å². The fourth-order valence-corrected chi connectivity index (χ4v) is 3.29. The fourth-order valence-electron chi connectivity index (χ4n) is 2.75. The smallest absolute Gasteiger partial charge is 0.337 e. The van der Waals surface area contributed by atoms with Crippen LogP contribution in [0.3, 0.4) is 0 Å². The summed E-state index contributed by atoms with van der Waals surface area (Å²) in [5.41, 5.74) is 0.541. The molecular weight excluding hydrogens is 292 g/mol. The lowest BCUT2D eigenvalue weighted by Gasteiger charge is -2.30. The standard InChI is InChI=1S/C14H20N2O4S/c1-10-5-3-2-4-8-16(10)13-7-6-11(21(15,19)20)9-12(13)14(17)18/h6-7,9-10H,2-5,8H2,1H3,(H,17,18)(H2,15,19,20). The molecule has 0 bridgehead atoms. The van der Waals surface area contributed by atoms with E-state index in [2.05, 4.69) is 6.92 Å². The van der Waals surface area contributed by atoms with Crippen LogP contribution < -0.4 is 10.0 Å². The largest absolute Gasteiger partial charge is 0.478 e. The topological polar surface area (TPSA) is 101 Å². The molecule has 6 nitrogen and oxygen atoms in total. The van der Waals surface area contributed by atoms with E-state index >= 15 is 0 Å². The first-order valence-corrected chi connectivity index (χ1v) is 8.52. The first kappa shape index (κ1) is 15.8. The second-order valence-corrected chi connectivity index (χ2v) is 6.98. The van der Waals surface area contributed by atoms with Gasteiger partial charge in [0.15, 0.2) is 0 Å². The van der Waals surface area contributed by atoms with Crippen molar-refractivity contribution in [3.05, 3.63) is 23.8 Å². The molecule has 0 saturated carbocycles. The molecule has 0 amide bonds. The molecule has 0 radical (unpaired) electrons. The lowest BCUT2D eigenvalue weighted by Crippen LogP contribution is -2.33. The van der Waals surface area contributed by atoms with Crippen LogP contribution in [-0.4, -0.2) is 32.1 Å². The third-order valence-corrected chi connectivity index (χ3v) is 4.80. The second kappa shape index (κ2) is 6.03. The molecule has 0 aliphatic carbocycles. The number of carboxylic acids is 1. The summed E-state index contributed by atoms with van der Waals surface area (Å²) < 4.78 is 22.8. The summed E-state index contributed by atoms with van der Waals surface area (Å²) in [6, 6.07) is 4.29. The number of carboxylic acid groups (broad SMARTS) is 1. The SMILES string of the molecule is CC1CCCCCN1c1ccc(S(N)(=O)=O)cc1C(=O)O. The summed E-state index contributed by atoms with van der Waals surface area (Å²) in [4.78, 5) is 13.3. The Morgan fingerprint density at radius 1 is 1.33 bits per heavy atom. The molecule has 0 aromatic heterocycles. The van der Waals surface area contributed by atoms with Crippen molar-refractivity contribution >= 4 is 21.7 Å². The minimum atomic E-state index is -3.91. The summed E-state index contributed by atoms with van der Waals surface area (Å²) in [7, 11) is -3.91. The number of aromatic carboxylic acids is 1. The highest BCUT2D eigenvalue weighted by Crippen LogP contribution is 2.29. The zero-order valence-corrected chi connectivity index (χ0v) is 12.8. The summed E-state index contributed by atoms with van der Waals surface area (Å²) in [6.45, 7) is 2.83. The van der Waals surface area contributed by atoms with Gasteiger partial charge >= 0.3 is 5.97 Å². The zero-order valence-electron chi connectivity index (χ0n) is 11.9. The van der Waals surface area contributed by atoms with Gasteiger partial charge in [0, 0.05) is 12.6 Å². The van der Waals surface area contributed by atoms with Crippen LogP contribution in [0.15, 0.2) is 23.1 Å². The van der Waals surface area contributed by atoms with Gasteiger partial charge in [0.1, 0.15) is 0 Å². The molecule has 116 valence electrons. The molecule has 1 aliphatic rings. The molecule has 1 atom stereocenters. The molecule has 1 fully saturated rings. The number of rotatable bonds is 3. The molecule has 1 aliphatic heterocycles. The predicted molar refractivity (Wildman–Crippen MR) is 80.1 cm³/mol. The van der Waals surface area contributed by atoms with E-state index in [0.29, 0.717) is 5.69 Å². The number of hydrogen-bond acceptors (Lipinski definition) is 4. The number of anilines is 1. The number of nitrogens with zero attached hydrogens (tertiary/aromatic N) is 1. The highest BCUT2D eigenvalue weighted by molar-refractivity contribution is 7.89. The van der Waals surface area contributed by atoms with E-state index in [4.69, 9.17) is 5.14 Å². The Hall–Kier alpha value is -1.60. The van der Waals surface area contributed by atoms with Gasteiger partial charge in [0.2, 0.25) is 10.0 Å². The fraction of sp³-hybridized carbons (Fsp3) is 0.500. The molecule has 1 aromatic rings. The number of nitrogens with two attached hydrogens (primary N) is 1. The normalized spacial score (nSPS) is 20.1. The van der Waals surface area contributed by atoms with E-state index in [1.807, 2.05) is 4.90 Å². The van der Waals surface area contributed by atoms with Gasteiger partial charge in [-0.25, -0.2) is 18.4 Å². The number of primary sulfonamides is 1. The molecule has 1 saturated heterocycles. The van der Waals surface area contributed by atoms with Crippen molar-refractivity contribution in [3.63, 3.8) is 0 Å². The molecule has 1 aromatic carbocycles. The van der Waals surface area contributed by atoms with Crippen molar-refractivity contribution in [1.82, 2.24) is 0 Å². The molecule has 0 spiro atoms. The van der Waals surface area contributed by atoms with Gasteiger partial charge in [0.05, 0.1) is 16.1 Å². The van der Waals surface area contributed by atoms with E-state index in [1.165, 1.54) is 6.07 Å². The van der Waals surface area contributed by atoms with Crippen LogP contribution in [0.5, 0.6) is 0 Å². The highest BCUT2D eigenvalue weighted by Gasteiger charge is 2.23. The van der Waals surface area contributed by atoms with Crippen molar-refractivity contribution in [2.75, 3.05) is 11.4 Å². The Kier molecular flexibility index (Phi) is 4.53. The average molecular weight is 312 g/mol. The van der Waals surface area contributed by atoms with Gasteiger partial charge in [-0.05, 0) is 38.0 Å². The number of hydrogen-bond donors (Lipinski definition) is 2. The van der Waals surface area contributed by atoms with Crippen molar-refractivity contribution in [1.29, 1.82) is 0 Å². The monoisotopic (exact) mass is 312 g/mol. The summed E-state index contributed by atoms with van der Waals surface area (Å²) in [5, 5.41) is 14.5. The third-order valence-electron chi connectivity index (χ3n) is 3.89. The number of sulfonamides is 1. The molecule has 1 heterocycles. The van der Waals surface area contributed by atoms with Crippen LogP contribution in [0.1, 0.15) is 43.0 Å². The minimum absolute atomic E-state index is 0.0183. The van der Waals surface area contributed by atoms with Gasteiger partial charge in [-0.2, -0.15) is 0 Å². The van der Waals surface area contributed by atoms with Crippen LogP contribution in [0.2, 0.25) is 0 Å². The maximum absolute atomic E-state index is 11.5. The number of carbonyl (C=O) groups is 1. The van der Waals surface area contributed by atoms with E-state index in [9.17, 15) is 18.3 Å². The van der Waals surface area contributed by atoms with Crippen LogP contribution in [0.25, 0.3) is 0 Å². The Morgan fingerprint density at radius 2 is 2.05 bits per heavy atom. The Bertz CT molecular complexity index is 642. The van der Waals surface area contributed by atoms with Gasteiger partial charge in [-0.3, -0.25) is 0 Å². The van der Waals surface area contributed by atoms with Crippen LogP contribution in [0.4, 0.5) is 5.69 Å². The Morgan fingerprint density at radius 3 is 2.67 bits per heavy atom. The summed E-state index contributed by atoms with van der Waals surface area (Å²) in [5.74, 6) is -1.15. The summed E-state index contributed by atoms with van der Waals surface area (Å²) >= 11 is 0. The second-order valence-electron chi connectivity index (χ2n) is 5.42. The van der Waals surface area contributed by atoms with Crippen molar-refractivity contribution in [2.24, 2.45) is 5.14 Å². The first-order chi connectivity index (χ1) is 9.80. The van der Waals surface area contributed by atoms with Gasteiger partial charge in [0.25, 0.3) is 0 Å². The summed E-state index contributed by atoms with van der Waals surface area (Å²) in [6.07, 6.45) is 4.24. The van der Waals surface area contributed by atoms with Crippen molar-refractivity contribution in [2.45, 2.75) is 43.5 Å². The molecule has 3 N–H and O–H groups in total. The average Bonchev–Trinajstić information content (AvgIpc) is 2.61. The van der Waals surface area contributed by atoms with Crippen LogP contribution in [0, 0.1) is 0 Å². The highest BCUT2D eigenvalue weighted by atomic mass is 32.2. The third kappa shape index (κ3) is 3.54. The van der Waals surface area contributed by atoms with Gasteiger partial charge in [-0.15, -0.1) is 0 Å². The van der Waals surface area contributed by atoms with E-state index in [-0.39, 0.29) is 16.5 Å². The Balaban J connectivity index is 2.50. The van der Waals surface area contributed by atoms with E-state index < -0.39 is 16.0 Å². The van der Waals surface area contributed by atoms with Crippen LogP contribution in [-0.2, 0) is 10.0 Å². The van der Waals surface area contributed by atoms with Gasteiger partial charge in [-0.1, -0.05) is 12.8 Å². The molecule has 2 rings (SSSR count). The molecule has 7 heteroatoms. The molecule has 1 unspecified atom stereocenters. The lowest BCUT2D eigenvalue weighted by atomic mass is 10.1. The number of benzene rings is 1. The minimum Gasteiger partial charge on any atom is -0.478 e. The quantitative estimate of drug-likeness (QED) is 0.886. The lowest BCUT2D eigenvalue weighted by molar-refractivity contribution is 0.0697. The maximum Gasteiger partial charge on any atom is 0.337 e. The first-order valence-electron chi connectivity index (χ1n) is 6.97. The van der Waals surface area contributed by atoms with E-state index in [0.717, 1.165) is 38.3 Å². The van der Waals surface area contributed by atoms with E-state index in [1.54, 1.807) is 6.07 Å². The van der Waals surface area contributed by atoms with Gasteiger partial charge < -0.3 is 10.0 Å². The predicted octanol–water partition coefficient (Wildman–Crippen LogP) is 1.80. The van der Waals surface area contributed by atoms with Crippen LogP contribution >= 0.6 is 0 Å². The zero-order chi connectivity index (χ0) is 15.6. The van der Waals surface area contributed by atoms with Crippen molar-refractivity contribution < 1.29 is 18.3 Å². The maximum atomic E-state index is 11.5.